The third-order valence-corrected chi connectivity index (χ3v) is 3.07. The highest BCUT2D eigenvalue weighted by Crippen LogP contribution is 2.25. The van der Waals surface area contributed by atoms with Gasteiger partial charge in [-0.15, -0.1) is 10.2 Å². The Kier molecular flexibility index (Phi) is 3.02. The van der Waals surface area contributed by atoms with E-state index >= 15 is 0 Å². The van der Waals surface area contributed by atoms with Crippen molar-refractivity contribution in [2.24, 2.45) is 0 Å². The molecule has 20 heavy (non-hydrogen) atoms. The summed E-state index contributed by atoms with van der Waals surface area (Å²) in [5, 5.41) is 7.77. The van der Waals surface area contributed by atoms with Crippen LogP contribution >= 0.6 is 0 Å². The summed E-state index contributed by atoms with van der Waals surface area (Å²) in [5.41, 5.74) is 1.41. The summed E-state index contributed by atoms with van der Waals surface area (Å²) in [5.74, 6) is -0.882. The number of nitrogens with zero attached hydrogens (tertiary/aromatic N) is 3. The van der Waals surface area contributed by atoms with Crippen LogP contribution in [0, 0.1) is 18.6 Å². The highest BCUT2D eigenvalue weighted by Gasteiger charge is 2.15. The summed E-state index contributed by atoms with van der Waals surface area (Å²) in [6.07, 6.45) is 1.50. The monoisotopic (exact) mass is 271 g/mol. The van der Waals surface area contributed by atoms with Crippen molar-refractivity contribution in [2.75, 3.05) is 0 Å². The maximum Gasteiger partial charge on any atom is 0.171 e. The molecule has 0 saturated carbocycles. The minimum absolute atomic E-state index is 0.227. The van der Waals surface area contributed by atoms with E-state index in [9.17, 15) is 8.78 Å². The van der Waals surface area contributed by atoms with Crippen LogP contribution in [0.5, 0.6) is 0 Å². The van der Waals surface area contributed by atoms with Crippen LogP contribution in [0.4, 0.5) is 8.78 Å². The smallest absolute Gasteiger partial charge is 0.171 e. The summed E-state index contributed by atoms with van der Waals surface area (Å²) in [7, 11) is 0. The van der Waals surface area contributed by atoms with Crippen molar-refractivity contribution in [3.63, 3.8) is 0 Å². The lowest BCUT2D eigenvalue weighted by Crippen LogP contribution is -1.99. The van der Waals surface area contributed by atoms with Crippen molar-refractivity contribution in [3.05, 3.63) is 66.0 Å². The van der Waals surface area contributed by atoms with E-state index in [1.54, 1.807) is 11.5 Å². The summed E-state index contributed by atoms with van der Waals surface area (Å²) in [6, 6.07) is 11.7. The predicted molar refractivity (Wildman–Crippen MR) is 71.4 cm³/mol. The van der Waals surface area contributed by atoms with Gasteiger partial charge in [0.1, 0.15) is 18.0 Å². The minimum atomic E-state index is -0.654. The fourth-order valence-corrected chi connectivity index (χ4v) is 2.02. The van der Waals surface area contributed by atoms with Gasteiger partial charge in [-0.25, -0.2) is 8.78 Å². The molecule has 100 valence electrons. The van der Waals surface area contributed by atoms with Gasteiger partial charge in [-0.1, -0.05) is 18.2 Å². The highest BCUT2D eigenvalue weighted by molar-refractivity contribution is 5.60. The van der Waals surface area contributed by atoms with Crippen molar-refractivity contribution in [1.82, 2.24) is 14.8 Å². The van der Waals surface area contributed by atoms with Gasteiger partial charge in [0.25, 0.3) is 0 Å². The lowest BCUT2D eigenvalue weighted by molar-refractivity contribution is 0.578. The molecular formula is C15H11F2N3. The molecule has 1 aromatic heterocycles. The van der Waals surface area contributed by atoms with E-state index < -0.39 is 11.6 Å². The maximum absolute atomic E-state index is 14.0. The van der Waals surface area contributed by atoms with Crippen molar-refractivity contribution in [3.8, 4) is 17.1 Å². The maximum atomic E-state index is 14.0. The number of aromatic nitrogens is 3. The van der Waals surface area contributed by atoms with Gasteiger partial charge in [0, 0.05) is 11.8 Å². The molecule has 0 bridgehead atoms. The molecule has 0 spiro atoms. The molecule has 0 aliphatic heterocycles. The average Bonchev–Trinajstić information content (AvgIpc) is 2.93. The summed E-state index contributed by atoms with van der Waals surface area (Å²) < 4.78 is 29.0. The number of aryl methyl sites for hydroxylation is 1. The van der Waals surface area contributed by atoms with Gasteiger partial charge in [0.05, 0.1) is 5.56 Å². The zero-order valence-corrected chi connectivity index (χ0v) is 10.7. The fraction of sp³-hybridized carbons (Fsp3) is 0.0667. The number of hydrogen-bond donors (Lipinski definition) is 0. The molecule has 3 rings (SSSR count). The van der Waals surface area contributed by atoms with E-state index in [0.717, 1.165) is 11.8 Å². The van der Waals surface area contributed by atoms with Gasteiger partial charge in [-0.05, 0) is 30.7 Å². The molecule has 3 nitrogen and oxygen atoms in total. The Hall–Kier alpha value is -2.56. The first-order valence-corrected chi connectivity index (χ1v) is 6.08. The molecule has 5 heteroatoms. The second kappa shape index (κ2) is 4.85. The molecule has 0 aliphatic carbocycles. The highest BCUT2D eigenvalue weighted by atomic mass is 19.1. The van der Waals surface area contributed by atoms with E-state index in [4.69, 9.17) is 0 Å². The topological polar surface area (TPSA) is 30.7 Å². The Morgan fingerprint density at radius 3 is 2.50 bits per heavy atom. The van der Waals surface area contributed by atoms with Crippen LogP contribution in [0.1, 0.15) is 5.56 Å². The van der Waals surface area contributed by atoms with Crippen LogP contribution < -0.4 is 0 Å². The van der Waals surface area contributed by atoms with Crippen LogP contribution in [0.3, 0.4) is 0 Å². The van der Waals surface area contributed by atoms with Gasteiger partial charge in [-0.3, -0.25) is 4.57 Å². The third-order valence-electron chi connectivity index (χ3n) is 3.07. The number of benzene rings is 2. The molecule has 1 heterocycles. The Morgan fingerprint density at radius 2 is 1.75 bits per heavy atom. The summed E-state index contributed by atoms with van der Waals surface area (Å²) >= 11 is 0. The molecule has 0 saturated heterocycles. The van der Waals surface area contributed by atoms with Crippen LogP contribution in [-0.4, -0.2) is 14.8 Å². The minimum Gasteiger partial charge on any atom is -0.282 e. The first-order valence-electron chi connectivity index (χ1n) is 6.08. The Bertz CT molecular complexity index is 751. The average molecular weight is 271 g/mol. The number of hydrogen-bond acceptors (Lipinski definition) is 2. The Morgan fingerprint density at radius 1 is 1.00 bits per heavy atom. The largest absolute Gasteiger partial charge is 0.282 e. The molecule has 2 aromatic carbocycles. The van der Waals surface area contributed by atoms with E-state index in [0.29, 0.717) is 11.4 Å². The molecule has 0 atom stereocenters. The first-order chi connectivity index (χ1) is 9.66. The van der Waals surface area contributed by atoms with Crippen LogP contribution in [0.15, 0.2) is 48.8 Å². The molecule has 0 unspecified atom stereocenters. The lowest BCUT2D eigenvalue weighted by Gasteiger charge is -2.08. The third kappa shape index (κ3) is 2.07. The molecule has 0 aliphatic rings. The van der Waals surface area contributed by atoms with Crippen LogP contribution in [0.25, 0.3) is 17.1 Å². The Labute approximate surface area is 114 Å². The van der Waals surface area contributed by atoms with E-state index in [1.165, 1.54) is 12.4 Å². The molecule has 0 amide bonds. The van der Waals surface area contributed by atoms with Gasteiger partial charge in [-0.2, -0.15) is 0 Å². The normalized spacial score (nSPS) is 10.8. The second-order valence-corrected chi connectivity index (χ2v) is 4.44. The van der Waals surface area contributed by atoms with Gasteiger partial charge in [0.15, 0.2) is 5.82 Å². The summed E-state index contributed by atoms with van der Waals surface area (Å²) in [4.78, 5) is 0. The van der Waals surface area contributed by atoms with Crippen molar-refractivity contribution >= 4 is 0 Å². The van der Waals surface area contributed by atoms with Crippen molar-refractivity contribution in [1.29, 1.82) is 0 Å². The summed E-state index contributed by atoms with van der Waals surface area (Å²) in [6.45, 7) is 1.58. The van der Waals surface area contributed by atoms with E-state index in [2.05, 4.69) is 10.2 Å². The quantitative estimate of drug-likeness (QED) is 0.714. The molecular weight excluding hydrogens is 260 g/mol. The van der Waals surface area contributed by atoms with Crippen molar-refractivity contribution < 1.29 is 8.78 Å². The van der Waals surface area contributed by atoms with Gasteiger partial charge >= 0.3 is 0 Å². The predicted octanol–water partition coefficient (Wildman–Crippen LogP) is 3.52. The fourth-order valence-electron chi connectivity index (χ4n) is 2.02. The lowest BCUT2D eigenvalue weighted by atomic mass is 10.1. The van der Waals surface area contributed by atoms with Gasteiger partial charge in [0.2, 0.25) is 0 Å². The second-order valence-electron chi connectivity index (χ2n) is 4.44. The molecule has 0 fully saturated rings. The Balaban J connectivity index is 2.18. The van der Waals surface area contributed by atoms with E-state index in [-0.39, 0.29) is 5.56 Å². The van der Waals surface area contributed by atoms with Crippen molar-refractivity contribution in [2.45, 2.75) is 6.92 Å². The van der Waals surface area contributed by atoms with Crippen LogP contribution in [0.2, 0.25) is 0 Å². The molecule has 0 N–H and O–H groups in total. The molecule has 0 radical (unpaired) electrons. The number of para-hydroxylation sites is 1. The van der Waals surface area contributed by atoms with Crippen LogP contribution in [-0.2, 0) is 0 Å². The SMILES string of the molecule is Cc1cc(-c2nncn2-c2ccccc2)c(F)cc1F. The zero-order chi connectivity index (χ0) is 14.1. The first kappa shape index (κ1) is 12.5. The number of rotatable bonds is 2. The van der Waals surface area contributed by atoms with E-state index in [1.807, 2.05) is 30.3 Å². The zero-order valence-electron chi connectivity index (χ0n) is 10.7. The standard InChI is InChI=1S/C15H11F2N3/c1-10-7-12(14(17)8-13(10)16)15-19-18-9-20(15)11-5-3-2-4-6-11/h2-9H,1H3. The molecule has 3 aromatic rings. The number of halogens is 2. The van der Waals surface area contributed by atoms with Gasteiger partial charge < -0.3 is 0 Å².